The fourth-order valence-electron chi connectivity index (χ4n) is 2.58. The van der Waals surface area contributed by atoms with Crippen molar-refractivity contribution in [3.63, 3.8) is 0 Å². The van der Waals surface area contributed by atoms with Gasteiger partial charge in [0.05, 0.1) is 11.1 Å². The highest BCUT2D eigenvalue weighted by molar-refractivity contribution is 7.08. The van der Waals surface area contributed by atoms with Crippen LogP contribution >= 0.6 is 11.5 Å². The maximum Gasteiger partial charge on any atom is 0.311 e. The second-order valence-electron chi connectivity index (χ2n) is 5.21. The van der Waals surface area contributed by atoms with E-state index >= 15 is 0 Å². The van der Waals surface area contributed by atoms with Crippen molar-refractivity contribution in [1.82, 2.24) is 14.5 Å². The van der Waals surface area contributed by atoms with Crippen LogP contribution < -0.4 is 0 Å². The van der Waals surface area contributed by atoms with E-state index in [1.54, 1.807) is 4.90 Å². The number of amides is 1. The van der Waals surface area contributed by atoms with Crippen molar-refractivity contribution in [2.45, 2.75) is 39.5 Å². The molecule has 2 rings (SSSR count). The molecule has 1 aliphatic heterocycles. The van der Waals surface area contributed by atoms with Gasteiger partial charge in [0.2, 0.25) is 0 Å². The summed E-state index contributed by atoms with van der Waals surface area (Å²) in [6, 6.07) is 0. The van der Waals surface area contributed by atoms with Gasteiger partial charge in [-0.25, -0.2) is 0 Å². The van der Waals surface area contributed by atoms with Gasteiger partial charge in [-0.1, -0.05) is 24.8 Å². The second-order valence-corrected chi connectivity index (χ2v) is 5.97. The van der Waals surface area contributed by atoms with Crippen LogP contribution in [-0.4, -0.2) is 44.6 Å². The highest BCUT2D eigenvalue weighted by atomic mass is 32.1. The van der Waals surface area contributed by atoms with Crippen LogP contribution in [0.5, 0.6) is 0 Å². The summed E-state index contributed by atoms with van der Waals surface area (Å²) in [4.78, 5) is 26.1. The average molecular weight is 297 g/mol. The van der Waals surface area contributed by atoms with Gasteiger partial charge < -0.3 is 10.0 Å². The van der Waals surface area contributed by atoms with Gasteiger partial charge in [-0.05, 0) is 30.8 Å². The number of carboxylic acid groups (broad SMARTS) is 1. The minimum Gasteiger partial charge on any atom is -0.481 e. The van der Waals surface area contributed by atoms with Gasteiger partial charge >= 0.3 is 5.97 Å². The molecule has 20 heavy (non-hydrogen) atoms. The number of hydrogen-bond acceptors (Lipinski definition) is 5. The van der Waals surface area contributed by atoms with Crippen molar-refractivity contribution in [2.24, 2.45) is 5.41 Å². The lowest BCUT2D eigenvalue weighted by atomic mass is 9.84. The topological polar surface area (TPSA) is 83.4 Å². The fourth-order valence-corrected chi connectivity index (χ4v) is 3.25. The Kier molecular flexibility index (Phi) is 4.37. The molecule has 1 atom stereocenters. The van der Waals surface area contributed by atoms with Crippen LogP contribution in [0.25, 0.3) is 0 Å². The van der Waals surface area contributed by atoms with Crippen molar-refractivity contribution in [3.05, 3.63) is 10.6 Å². The highest BCUT2D eigenvalue weighted by Gasteiger charge is 2.45. The molecular weight excluding hydrogens is 278 g/mol. The molecular formula is C13H19N3O3S. The molecule has 2 heterocycles. The molecule has 1 fully saturated rings. The van der Waals surface area contributed by atoms with Crippen molar-refractivity contribution in [3.8, 4) is 0 Å². The number of rotatable bonds is 5. The third-order valence-electron chi connectivity index (χ3n) is 4.01. The van der Waals surface area contributed by atoms with E-state index in [4.69, 9.17) is 0 Å². The van der Waals surface area contributed by atoms with Crippen LogP contribution in [0, 0.1) is 5.41 Å². The molecule has 0 aromatic carbocycles. The van der Waals surface area contributed by atoms with Crippen LogP contribution in [0.1, 0.15) is 48.5 Å². The summed E-state index contributed by atoms with van der Waals surface area (Å²) in [6.07, 6.45) is 2.68. The van der Waals surface area contributed by atoms with Gasteiger partial charge in [0, 0.05) is 13.1 Å². The largest absolute Gasteiger partial charge is 0.481 e. The summed E-state index contributed by atoms with van der Waals surface area (Å²) in [5.41, 5.74) is -0.0644. The molecule has 1 aliphatic rings. The third-order valence-corrected chi connectivity index (χ3v) is 4.76. The van der Waals surface area contributed by atoms with E-state index in [0.29, 0.717) is 24.3 Å². The number of aryl methyl sites for hydroxylation is 1. The summed E-state index contributed by atoms with van der Waals surface area (Å²) >= 11 is 1.10. The lowest BCUT2D eigenvalue weighted by Crippen LogP contribution is -2.36. The molecule has 1 saturated heterocycles. The van der Waals surface area contributed by atoms with Crippen molar-refractivity contribution in [1.29, 1.82) is 0 Å². The van der Waals surface area contributed by atoms with Crippen LogP contribution in [0.2, 0.25) is 0 Å². The molecule has 0 saturated carbocycles. The number of hydrogen-bond donors (Lipinski definition) is 1. The zero-order chi connectivity index (χ0) is 14.8. The summed E-state index contributed by atoms with van der Waals surface area (Å²) in [5, 5.41) is 13.4. The van der Waals surface area contributed by atoms with Gasteiger partial charge in [0.25, 0.3) is 5.91 Å². The minimum absolute atomic E-state index is 0.125. The van der Waals surface area contributed by atoms with E-state index in [1.165, 1.54) is 0 Å². The maximum atomic E-state index is 12.5. The Hall–Kier alpha value is -1.50. The van der Waals surface area contributed by atoms with Crippen LogP contribution in [-0.2, 0) is 11.2 Å². The summed E-state index contributed by atoms with van der Waals surface area (Å²) in [5.74, 6) is -0.938. The van der Waals surface area contributed by atoms with Crippen molar-refractivity contribution >= 4 is 23.4 Å². The van der Waals surface area contributed by atoms with Gasteiger partial charge in [0.1, 0.15) is 4.88 Å². The zero-order valence-electron chi connectivity index (χ0n) is 11.8. The normalized spacial score (nSPS) is 22.2. The quantitative estimate of drug-likeness (QED) is 0.896. The first-order valence-corrected chi connectivity index (χ1v) is 7.65. The van der Waals surface area contributed by atoms with E-state index in [2.05, 4.69) is 9.59 Å². The second kappa shape index (κ2) is 5.87. The Morgan fingerprint density at radius 2 is 2.20 bits per heavy atom. The molecule has 110 valence electrons. The first-order chi connectivity index (χ1) is 9.54. The average Bonchev–Trinajstić information content (AvgIpc) is 3.05. The summed E-state index contributed by atoms with van der Waals surface area (Å²) in [6.45, 7) is 4.65. The Morgan fingerprint density at radius 1 is 1.45 bits per heavy atom. The number of carboxylic acids is 1. The number of carbonyl (C=O) groups is 2. The van der Waals surface area contributed by atoms with Crippen LogP contribution in [0.3, 0.4) is 0 Å². The van der Waals surface area contributed by atoms with Gasteiger partial charge in [-0.2, -0.15) is 0 Å². The van der Waals surface area contributed by atoms with Crippen LogP contribution in [0.4, 0.5) is 0 Å². The van der Waals surface area contributed by atoms with E-state index in [9.17, 15) is 14.7 Å². The fraction of sp³-hybridized carbons (Fsp3) is 0.692. The highest BCUT2D eigenvalue weighted by Crippen LogP contribution is 2.35. The first-order valence-electron chi connectivity index (χ1n) is 6.88. The Morgan fingerprint density at radius 3 is 2.75 bits per heavy atom. The molecule has 1 aromatic heterocycles. The molecule has 7 heteroatoms. The van der Waals surface area contributed by atoms with Crippen LogP contribution in [0.15, 0.2) is 0 Å². The molecule has 1 unspecified atom stereocenters. The Balaban J connectivity index is 2.15. The number of likely N-dealkylation sites (tertiary alicyclic amines) is 1. The predicted molar refractivity (Wildman–Crippen MR) is 74.8 cm³/mol. The van der Waals surface area contributed by atoms with Gasteiger partial charge in [-0.15, -0.1) is 5.10 Å². The summed E-state index contributed by atoms with van der Waals surface area (Å²) < 4.78 is 3.85. The number of nitrogens with zero attached hydrogens (tertiary/aromatic N) is 3. The molecule has 1 aromatic rings. The molecule has 1 N–H and O–H groups in total. The molecule has 0 aliphatic carbocycles. The maximum absolute atomic E-state index is 12.5. The lowest BCUT2D eigenvalue weighted by Gasteiger charge is -2.22. The van der Waals surface area contributed by atoms with E-state index in [1.807, 2.05) is 13.8 Å². The van der Waals surface area contributed by atoms with E-state index in [-0.39, 0.29) is 12.5 Å². The smallest absolute Gasteiger partial charge is 0.311 e. The standard InChI is InChI=1S/C13H19N3O3S/c1-3-5-9-10(20-15-14-9)11(17)16-7-6-13(4-2,8-16)12(18)19/h3-8H2,1-2H3,(H,18,19). The third kappa shape index (κ3) is 2.54. The minimum atomic E-state index is -0.813. The van der Waals surface area contributed by atoms with Gasteiger partial charge in [-0.3, -0.25) is 9.59 Å². The Bertz CT molecular complexity index is 517. The number of aliphatic carboxylic acids is 1. The van der Waals surface area contributed by atoms with Crippen molar-refractivity contribution in [2.75, 3.05) is 13.1 Å². The van der Waals surface area contributed by atoms with Gasteiger partial charge in [0.15, 0.2) is 0 Å². The summed E-state index contributed by atoms with van der Waals surface area (Å²) in [7, 11) is 0. The Labute approximate surface area is 122 Å². The molecule has 0 bridgehead atoms. The first kappa shape index (κ1) is 14.9. The SMILES string of the molecule is CCCc1nnsc1C(=O)N1CCC(CC)(C(=O)O)C1. The zero-order valence-corrected chi connectivity index (χ0v) is 12.6. The van der Waals surface area contributed by atoms with Crippen molar-refractivity contribution < 1.29 is 14.7 Å². The molecule has 0 spiro atoms. The number of carbonyl (C=O) groups excluding carboxylic acids is 1. The predicted octanol–water partition coefficient (Wildman–Crippen LogP) is 1.82. The number of aromatic nitrogens is 2. The molecule has 1 amide bonds. The monoisotopic (exact) mass is 297 g/mol. The van der Waals surface area contributed by atoms with E-state index < -0.39 is 11.4 Å². The van der Waals surface area contributed by atoms with E-state index in [0.717, 1.165) is 30.1 Å². The molecule has 6 nitrogen and oxygen atoms in total. The molecule has 0 radical (unpaired) electrons. The lowest BCUT2D eigenvalue weighted by molar-refractivity contribution is -0.148.